The zero-order valence-electron chi connectivity index (χ0n) is 11.5. The van der Waals surface area contributed by atoms with Gasteiger partial charge in [-0.2, -0.15) is 5.10 Å². The lowest BCUT2D eigenvalue weighted by Gasteiger charge is -2.00. The van der Waals surface area contributed by atoms with Crippen LogP contribution in [0.3, 0.4) is 0 Å². The normalized spacial score (nSPS) is 10.1. The summed E-state index contributed by atoms with van der Waals surface area (Å²) in [6.45, 7) is 6.17. The first kappa shape index (κ1) is 17.8. The molecule has 2 rings (SSSR count). The van der Waals surface area contributed by atoms with Crippen molar-refractivity contribution in [1.29, 1.82) is 0 Å². The number of carbonyl (C=O) groups is 2. The number of carbonyl (C=O) groups excluding carboxylic acids is 2. The molecule has 110 valence electrons. The van der Waals surface area contributed by atoms with E-state index in [0.717, 1.165) is 17.8 Å². The summed E-state index contributed by atoms with van der Waals surface area (Å²) in [5.74, 6) is -0.963. The van der Waals surface area contributed by atoms with Gasteiger partial charge in [-0.3, -0.25) is 15.0 Å². The second-order valence-electron chi connectivity index (χ2n) is 3.55. The molecule has 5 N–H and O–H groups in total. The van der Waals surface area contributed by atoms with E-state index in [4.69, 9.17) is 0 Å². The van der Waals surface area contributed by atoms with Crippen LogP contribution >= 0.6 is 0 Å². The minimum atomic E-state index is -0.481. The molecule has 1 aromatic rings. The Labute approximate surface area is 123 Å². The number of primary amides is 2. The molecule has 0 saturated heterocycles. The van der Waals surface area contributed by atoms with Crippen molar-refractivity contribution in [2.45, 2.75) is 0 Å². The van der Waals surface area contributed by atoms with Crippen molar-refractivity contribution < 1.29 is 9.59 Å². The number of hydrogen-bond donors (Lipinski definition) is 3. The van der Waals surface area contributed by atoms with Crippen LogP contribution in [0.1, 0.15) is 5.56 Å². The lowest BCUT2D eigenvalue weighted by molar-refractivity contribution is -0.114. The molecule has 1 heterocycles. The molecule has 0 spiro atoms. The molecule has 6 nitrogen and oxygen atoms in total. The maximum atomic E-state index is 9.47. The number of hydrazone groups is 1. The van der Waals surface area contributed by atoms with Crippen molar-refractivity contribution in [2.75, 3.05) is 5.43 Å². The first-order chi connectivity index (χ1) is 10.0. The van der Waals surface area contributed by atoms with E-state index in [1.54, 1.807) is 6.21 Å². The Balaban J connectivity index is 0.000000340. The Hall–Kier alpha value is -3.15. The number of benzene rings is 1. The number of hydrogen-bond acceptors (Lipinski definition) is 4. The van der Waals surface area contributed by atoms with Crippen molar-refractivity contribution in [3.05, 3.63) is 61.2 Å². The number of nitrogens with zero attached hydrogens (tertiary/aromatic N) is 1. The smallest absolute Gasteiger partial charge is 0.240 e. The van der Waals surface area contributed by atoms with Gasteiger partial charge in [-0.15, -0.1) is 0 Å². The van der Waals surface area contributed by atoms with E-state index < -0.39 is 11.8 Å². The number of rotatable bonds is 2. The molecule has 0 aliphatic carbocycles. The number of para-hydroxylation sites is 1. The summed E-state index contributed by atoms with van der Waals surface area (Å²) >= 11 is 0. The molecule has 0 unspecified atom stereocenters. The van der Waals surface area contributed by atoms with Crippen LogP contribution in [-0.4, -0.2) is 18.0 Å². The number of amides is 2. The molecular weight excluding hydrogens is 268 g/mol. The highest BCUT2D eigenvalue weighted by atomic mass is 16.1. The van der Waals surface area contributed by atoms with Crippen molar-refractivity contribution in [3.63, 3.8) is 0 Å². The van der Waals surface area contributed by atoms with Crippen molar-refractivity contribution in [1.82, 2.24) is 0 Å². The number of nitrogens with one attached hydrogen (secondary N) is 1. The third kappa shape index (κ3) is 9.43. The average Bonchev–Trinajstić information content (AvgIpc) is 2.73. The highest BCUT2D eigenvalue weighted by Crippen LogP contribution is 2.17. The third-order valence-electron chi connectivity index (χ3n) is 1.98. The highest BCUT2D eigenvalue weighted by molar-refractivity contribution is 5.85. The van der Waals surface area contributed by atoms with Gasteiger partial charge in [0, 0.05) is 6.21 Å². The molecule has 0 saturated carbocycles. The SMILES string of the molecule is C1=Cc2ccccc2NN=C1.C=CC(N)=O.C=CC(N)=O. The lowest BCUT2D eigenvalue weighted by Crippen LogP contribution is -2.04. The molecule has 0 aromatic heterocycles. The Bertz CT molecular complexity index is 545. The fraction of sp³-hybridized carbons (Fsp3) is 0. The fourth-order valence-corrected chi connectivity index (χ4v) is 1.04. The first-order valence-corrected chi connectivity index (χ1v) is 5.89. The van der Waals surface area contributed by atoms with Gasteiger partial charge in [0.25, 0.3) is 0 Å². The Kier molecular flexibility index (Phi) is 9.13. The van der Waals surface area contributed by atoms with Gasteiger partial charge in [-0.25, -0.2) is 0 Å². The van der Waals surface area contributed by atoms with Crippen LogP contribution in [0.15, 0.2) is 60.8 Å². The summed E-state index contributed by atoms with van der Waals surface area (Å²) in [4.78, 5) is 18.9. The minimum absolute atomic E-state index is 0.481. The van der Waals surface area contributed by atoms with Crippen molar-refractivity contribution >= 4 is 29.8 Å². The molecule has 0 atom stereocenters. The van der Waals surface area contributed by atoms with Gasteiger partial charge in [0.15, 0.2) is 0 Å². The van der Waals surface area contributed by atoms with Crippen LogP contribution < -0.4 is 16.9 Å². The summed E-state index contributed by atoms with van der Waals surface area (Å²) in [6.07, 6.45) is 7.79. The second-order valence-corrected chi connectivity index (χ2v) is 3.55. The van der Waals surface area contributed by atoms with E-state index >= 15 is 0 Å². The zero-order chi connectivity index (χ0) is 16.1. The molecule has 1 aliphatic heterocycles. The molecule has 0 fully saturated rings. The van der Waals surface area contributed by atoms with Gasteiger partial charge in [0.1, 0.15) is 0 Å². The van der Waals surface area contributed by atoms with Gasteiger partial charge in [0.05, 0.1) is 5.69 Å². The summed E-state index contributed by atoms with van der Waals surface area (Å²) in [7, 11) is 0. The van der Waals surface area contributed by atoms with Crippen LogP contribution in [0.2, 0.25) is 0 Å². The monoisotopic (exact) mass is 286 g/mol. The maximum Gasteiger partial charge on any atom is 0.240 e. The van der Waals surface area contributed by atoms with Gasteiger partial charge in [-0.1, -0.05) is 37.4 Å². The molecule has 0 bridgehead atoms. The largest absolute Gasteiger partial charge is 0.366 e. The molecule has 1 aliphatic rings. The topological polar surface area (TPSA) is 111 Å². The molecule has 1 aromatic carbocycles. The van der Waals surface area contributed by atoms with Crippen LogP contribution in [0.4, 0.5) is 5.69 Å². The minimum Gasteiger partial charge on any atom is -0.366 e. The van der Waals surface area contributed by atoms with Gasteiger partial charge >= 0.3 is 0 Å². The van der Waals surface area contributed by atoms with Crippen molar-refractivity contribution in [3.8, 4) is 0 Å². The molecule has 0 radical (unpaired) electrons. The predicted octanol–water partition coefficient (Wildman–Crippen LogP) is 1.43. The standard InChI is InChI=1S/C9H8N2.2C3H5NO/c1-2-6-9-8(4-1)5-3-7-10-11-9;2*1-2-3(4)5/h1-7,11H;2*2H,1H2,(H2,4,5). The quantitative estimate of drug-likeness (QED) is 0.715. The molecule has 21 heavy (non-hydrogen) atoms. The summed E-state index contributed by atoms with van der Waals surface area (Å²) in [6, 6.07) is 8.05. The van der Waals surface area contributed by atoms with Gasteiger partial charge in [-0.05, 0) is 29.9 Å². The zero-order valence-corrected chi connectivity index (χ0v) is 11.5. The molecular formula is C15H18N4O2. The molecule has 6 heteroatoms. The predicted molar refractivity (Wildman–Crippen MR) is 86.4 cm³/mol. The Morgan fingerprint density at radius 3 is 2.14 bits per heavy atom. The van der Waals surface area contributed by atoms with E-state index in [1.807, 2.05) is 36.4 Å². The van der Waals surface area contributed by atoms with E-state index in [9.17, 15) is 9.59 Å². The third-order valence-corrected chi connectivity index (χ3v) is 1.98. The van der Waals surface area contributed by atoms with Crippen LogP contribution in [-0.2, 0) is 9.59 Å². The van der Waals surface area contributed by atoms with Crippen molar-refractivity contribution in [2.24, 2.45) is 16.6 Å². The fourth-order valence-electron chi connectivity index (χ4n) is 1.04. The number of fused-ring (bicyclic) bond motifs is 1. The number of anilines is 1. The Morgan fingerprint density at radius 2 is 1.62 bits per heavy atom. The second kappa shape index (κ2) is 10.7. The van der Waals surface area contributed by atoms with Gasteiger partial charge < -0.3 is 11.5 Å². The number of nitrogens with two attached hydrogens (primary N) is 2. The van der Waals surface area contributed by atoms with Gasteiger partial charge in [0.2, 0.25) is 11.8 Å². The van der Waals surface area contributed by atoms with E-state index in [0.29, 0.717) is 0 Å². The van der Waals surface area contributed by atoms with Crippen LogP contribution in [0, 0.1) is 0 Å². The van der Waals surface area contributed by atoms with E-state index in [2.05, 4.69) is 35.2 Å². The van der Waals surface area contributed by atoms with E-state index in [1.165, 1.54) is 5.56 Å². The summed E-state index contributed by atoms with van der Waals surface area (Å²) in [5, 5.41) is 3.95. The molecule has 2 amide bonds. The maximum absolute atomic E-state index is 9.47. The van der Waals surface area contributed by atoms with E-state index in [-0.39, 0.29) is 0 Å². The highest BCUT2D eigenvalue weighted by Gasteiger charge is 1.96. The van der Waals surface area contributed by atoms with Crippen LogP contribution in [0.25, 0.3) is 6.08 Å². The summed E-state index contributed by atoms with van der Waals surface area (Å²) in [5.41, 5.74) is 14.2. The lowest BCUT2D eigenvalue weighted by atomic mass is 10.2. The average molecular weight is 286 g/mol. The van der Waals surface area contributed by atoms with Crippen LogP contribution in [0.5, 0.6) is 0 Å². The Morgan fingerprint density at radius 1 is 1.10 bits per heavy atom. The number of allylic oxidation sites excluding steroid dienone is 1. The first-order valence-electron chi connectivity index (χ1n) is 5.89. The summed E-state index contributed by atoms with van der Waals surface area (Å²) < 4.78 is 0.